The van der Waals surface area contributed by atoms with Gasteiger partial charge in [0, 0.05) is 16.6 Å². The zero-order valence-corrected chi connectivity index (χ0v) is 10.6. The molecular formula is C10H11Cl3FNO. The topological polar surface area (TPSA) is 35.2 Å². The molecule has 0 heterocycles. The van der Waals surface area contributed by atoms with E-state index in [0.29, 0.717) is 15.8 Å². The monoisotopic (exact) mass is 285 g/mol. The Morgan fingerprint density at radius 2 is 1.88 bits per heavy atom. The van der Waals surface area contributed by atoms with Crippen LogP contribution in [0.25, 0.3) is 0 Å². The fourth-order valence-electron chi connectivity index (χ4n) is 0.951. The van der Waals surface area contributed by atoms with E-state index in [2.05, 4.69) is 0 Å². The SMILES string of the molecule is Cl.NC/C=C(\F)COc1cc(Cl)cc(Cl)c1. The lowest BCUT2D eigenvalue weighted by Crippen LogP contribution is -2.01. The molecule has 90 valence electrons. The van der Waals surface area contributed by atoms with E-state index in [-0.39, 0.29) is 25.6 Å². The van der Waals surface area contributed by atoms with E-state index in [1.807, 2.05) is 0 Å². The van der Waals surface area contributed by atoms with Crippen LogP contribution >= 0.6 is 35.6 Å². The van der Waals surface area contributed by atoms with E-state index in [9.17, 15) is 4.39 Å². The number of rotatable bonds is 4. The fraction of sp³-hybridized carbons (Fsp3) is 0.200. The molecule has 0 fully saturated rings. The molecule has 2 N–H and O–H groups in total. The van der Waals surface area contributed by atoms with Crippen LogP contribution in [0.4, 0.5) is 4.39 Å². The van der Waals surface area contributed by atoms with Gasteiger partial charge in [-0.1, -0.05) is 23.2 Å². The lowest BCUT2D eigenvalue weighted by Gasteiger charge is -2.05. The van der Waals surface area contributed by atoms with Gasteiger partial charge in [-0.15, -0.1) is 12.4 Å². The van der Waals surface area contributed by atoms with Gasteiger partial charge in [0.25, 0.3) is 0 Å². The van der Waals surface area contributed by atoms with Crippen LogP contribution < -0.4 is 10.5 Å². The highest BCUT2D eigenvalue weighted by Crippen LogP contribution is 2.24. The Morgan fingerprint density at radius 3 is 2.38 bits per heavy atom. The number of nitrogens with two attached hydrogens (primary N) is 1. The summed E-state index contributed by atoms with van der Waals surface area (Å²) in [4.78, 5) is 0. The predicted molar refractivity (Wildman–Crippen MR) is 67.5 cm³/mol. The summed E-state index contributed by atoms with van der Waals surface area (Å²) in [7, 11) is 0. The first-order valence-corrected chi connectivity index (χ1v) is 5.01. The van der Waals surface area contributed by atoms with Gasteiger partial charge >= 0.3 is 0 Å². The number of halogens is 4. The van der Waals surface area contributed by atoms with Gasteiger partial charge in [-0.2, -0.15) is 0 Å². The van der Waals surface area contributed by atoms with Crippen LogP contribution in [0.2, 0.25) is 10.0 Å². The number of ether oxygens (including phenoxy) is 1. The van der Waals surface area contributed by atoms with E-state index >= 15 is 0 Å². The molecule has 1 aromatic carbocycles. The Morgan fingerprint density at radius 1 is 1.31 bits per heavy atom. The maximum Gasteiger partial charge on any atom is 0.139 e. The number of benzene rings is 1. The molecule has 0 amide bonds. The van der Waals surface area contributed by atoms with Gasteiger partial charge in [-0.05, 0) is 24.3 Å². The third-order valence-electron chi connectivity index (χ3n) is 1.55. The molecule has 16 heavy (non-hydrogen) atoms. The van der Waals surface area contributed by atoms with Crippen LogP contribution in [0.1, 0.15) is 0 Å². The summed E-state index contributed by atoms with van der Waals surface area (Å²) in [6, 6.07) is 4.69. The Bertz CT molecular complexity index is 351. The Labute approximate surface area is 110 Å². The Balaban J connectivity index is 0.00000225. The molecule has 0 bridgehead atoms. The molecule has 0 unspecified atom stereocenters. The molecular weight excluding hydrogens is 275 g/mol. The summed E-state index contributed by atoms with van der Waals surface area (Å²) in [5.74, 6) is 0.00155. The molecule has 0 saturated heterocycles. The lowest BCUT2D eigenvalue weighted by atomic mass is 10.3. The van der Waals surface area contributed by atoms with Gasteiger partial charge in [-0.25, -0.2) is 4.39 Å². The van der Waals surface area contributed by atoms with Crippen LogP contribution in [0.5, 0.6) is 5.75 Å². The summed E-state index contributed by atoms with van der Waals surface area (Å²) in [6.07, 6.45) is 1.24. The maximum absolute atomic E-state index is 12.9. The standard InChI is InChI=1S/C10H10Cl2FNO.ClH/c11-7-3-8(12)5-10(4-7)15-6-9(13)1-2-14;/h1,3-5H,2,6,14H2;1H/b9-1-;. The van der Waals surface area contributed by atoms with Gasteiger partial charge in [0.1, 0.15) is 18.2 Å². The van der Waals surface area contributed by atoms with Crippen molar-refractivity contribution in [2.24, 2.45) is 5.73 Å². The van der Waals surface area contributed by atoms with Crippen LogP contribution in [0.15, 0.2) is 30.1 Å². The van der Waals surface area contributed by atoms with Gasteiger partial charge in [0.05, 0.1) is 0 Å². The first kappa shape index (κ1) is 15.5. The molecule has 0 aliphatic carbocycles. The highest BCUT2D eigenvalue weighted by molar-refractivity contribution is 6.34. The van der Waals surface area contributed by atoms with Crippen LogP contribution in [0.3, 0.4) is 0 Å². The van der Waals surface area contributed by atoms with Crippen LogP contribution in [-0.4, -0.2) is 13.2 Å². The highest BCUT2D eigenvalue weighted by Gasteiger charge is 2.00. The number of hydrogen-bond donors (Lipinski definition) is 1. The van der Waals surface area contributed by atoms with Crippen molar-refractivity contribution in [2.45, 2.75) is 0 Å². The lowest BCUT2D eigenvalue weighted by molar-refractivity contribution is 0.318. The van der Waals surface area contributed by atoms with Gasteiger partial charge < -0.3 is 10.5 Å². The quantitative estimate of drug-likeness (QED) is 0.918. The third kappa shape index (κ3) is 5.56. The minimum Gasteiger partial charge on any atom is -0.486 e. The van der Waals surface area contributed by atoms with Crippen LogP contribution in [0, 0.1) is 0 Å². The third-order valence-corrected chi connectivity index (χ3v) is 1.99. The van der Waals surface area contributed by atoms with Crippen molar-refractivity contribution < 1.29 is 9.13 Å². The second-order valence-corrected chi connectivity index (χ2v) is 3.65. The summed E-state index contributed by atoms with van der Waals surface area (Å²) in [5.41, 5.74) is 5.13. The largest absolute Gasteiger partial charge is 0.486 e. The molecule has 1 rings (SSSR count). The zero-order valence-electron chi connectivity index (χ0n) is 8.25. The molecule has 6 heteroatoms. The molecule has 0 atom stereocenters. The predicted octanol–water partition coefficient (Wildman–Crippen LogP) is 3.61. The van der Waals surface area contributed by atoms with E-state index < -0.39 is 5.83 Å². The van der Waals surface area contributed by atoms with E-state index in [0.717, 1.165) is 0 Å². The Kier molecular flexibility index (Phi) is 7.51. The number of hydrogen-bond acceptors (Lipinski definition) is 2. The second kappa shape index (κ2) is 7.74. The minimum atomic E-state index is -0.423. The van der Waals surface area contributed by atoms with Crippen molar-refractivity contribution in [1.29, 1.82) is 0 Å². The summed E-state index contributed by atoms with van der Waals surface area (Å²) in [5, 5.41) is 0.890. The van der Waals surface area contributed by atoms with Crippen molar-refractivity contribution in [3.8, 4) is 5.75 Å². The molecule has 2 nitrogen and oxygen atoms in total. The van der Waals surface area contributed by atoms with Gasteiger partial charge in [-0.3, -0.25) is 0 Å². The molecule has 0 spiro atoms. The van der Waals surface area contributed by atoms with Crippen molar-refractivity contribution in [2.75, 3.05) is 13.2 Å². The average Bonchev–Trinajstić information content (AvgIpc) is 2.14. The second-order valence-electron chi connectivity index (χ2n) is 2.78. The van der Waals surface area contributed by atoms with E-state index in [4.69, 9.17) is 33.7 Å². The normalized spacial score (nSPS) is 10.9. The molecule has 0 radical (unpaired) electrons. The Hall–Kier alpha value is -0.480. The smallest absolute Gasteiger partial charge is 0.139 e. The first-order chi connectivity index (χ1) is 7.11. The summed E-state index contributed by atoms with van der Waals surface area (Å²) < 4.78 is 18.0. The highest BCUT2D eigenvalue weighted by atomic mass is 35.5. The molecule has 0 aliphatic rings. The first-order valence-electron chi connectivity index (χ1n) is 4.25. The van der Waals surface area contributed by atoms with Crippen molar-refractivity contribution in [3.05, 3.63) is 40.1 Å². The minimum absolute atomic E-state index is 0. The average molecular weight is 287 g/mol. The van der Waals surface area contributed by atoms with E-state index in [1.165, 1.54) is 6.08 Å². The van der Waals surface area contributed by atoms with Crippen molar-refractivity contribution in [3.63, 3.8) is 0 Å². The van der Waals surface area contributed by atoms with E-state index in [1.54, 1.807) is 18.2 Å². The fourth-order valence-corrected chi connectivity index (χ4v) is 1.46. The van der Waals surface area contributed by atoms with Gasteiger partial charge in [0.2, 0.25) is 0 Å². The molecule has 0 aromatic heterocycles. The van der Waals surface area contributed by atoms with Crippen molar-refractivity contribution in [1.82, 2.24) is 0 Å². The van der Waals surface area contributed by atoms with Crippen molar-refractivity contribution >= 4 is 35.6 Å². The summed E-state index contributed by atoms with van der Waals surface area (Å²) >= 11 is 11.5. The molecule has 1 aromatic rings. The maximum atomic E-state index is 12.9. The zero-order chi connectivity index (χ0) is 11.3. The summed E-state index contributed by atoms with van der Waals surface area (Å²) in [6.45, 7) is -0.0284. The van der Waals surface area contributed by atoms with Crippen LogP contribution in [-0.2, 0) is 0 Å². The molecule has 0 saturated carbocycles. The molecule has 0 aliphatic heterocycles. The van der Waals surface area contributed by atoms with Gasteiger partial charge in [0.15, 0.2) is 0 Å².